The van der Waals surface area contributed by atoms with Gasteiger partial charge in [0, 0.05) is 36.9 Å². The molecular weight excluding hydrogens is 406 g/mol. The van der Waals surface area contributed by atoms with Gasteiger partial charge in [-0.15, -0.1) is 0 Å². The molecule has 4 aromatic rings. The van der Waals surface area contributed by atoms with Crippen LogP contribution >= 0.6 is 0 Å². The van der Waals surface area contributed by atoms with Crippen molar-refractivity contribution in [1.29, 1.82) is 0 Å². The highest BCUT2D eigenvalue weighted by Gasteiger charge is 2.19. The number of sulfonamides is 1. The predicted octanol–water partition coefficient (Wildman–Crippen LogP) is 2.78. The van der Waals surface area contributed by atoms with Gasteiger partial charge in [-0.25, -0.2) is 19.9 Å². The first-order chi connectivity index (χ1) is 14.4. The summed E-state index contributed by atoms with van der Waals surface area (Å²) in [5.41, 5.74) is 0.396. The van der Waals surface area contributed by atoms with Crippen molar-refractivity contribution in [3.05, 3.63) is 67.4 Å². The maximum Gasteiger partial charge on any atom is 0.280 e. The molecule has 0 fully saturated rings. The third-order valence-electron chi connectivity index (χ3n) is 4.30. The van der Waals surface area contributed by atoms with E-state index in [2.05, 4.69) is 24.7 Å². The van der Waals surface area contributed by atoms with Gasteiger partial charge in [-0.1, -0.05) is 0 Å². The van der Waals surface area contributed by atoms with Crippen molar-refractivity contribution in [2.75, 3.05) is 4.72 Å². The van der Waals surface area contributed by atoms with Gasteiger partial charge in [0.05, 0.1) is 0 Å². The van der Waals surface area contributed by atoms with Crippen molar-refractivity contribution in [3.63, 3.8) is 0 Å². The number of imidazole rings is 2. The standard InChI is InChI=1S/C19H19N7O3S/c1-3-25-11-19(23-14(25)2)30(27,28)24-15-4-6-16(7-5-15)29-18-10-17(21-12-22-18)26-9-8-20-13-26/h4-13,24H,3H2,1-2H3. The third-order valence-corrected chi connectivity index (χ3v) is 5.55. The van der Waals surface area contributed by atoms with Crippen molar-refractivity contribution in [1.82, 2.24) is 29.1 Å². The number of benzene rings is 1. The van der Waals surface area contributed by atoms with Crippen LogP contribution in [-0.4, -0.2) is 37.5 Å². The van der Waals surface area contributed by atoms with Crippen LogP contribution in [0, 0.1) is 6.92 Å². The van der Waals surface area contributed by atoms with E-state index in [4.69, 9.17) is 4.74 Å². The van der Waals surface area contributed by atoms with Crippen molar-refractivity contribution < 1.29 is 13.2 Å². The Morgan fingerprint density at radius 3 is 2.63 bits per heavy atom. The largest absolute Gasteiger partial charge is 0.439 e. The van der Waals surface area contributed by atoms with Crippen molar-refractivity contribution >= 4 is 15.7 Å². The van der Waals surface area contributed by atoms with Gasteiger partial charge in [0.2, 0.25) is 5.88 Å². The number of anilines is 1. The van der Waals surface area contributed by atoms with Crippen molar-refractivity contribution in [3.8, 4) is 17.4 Å². The molecule has 0 aliphatic rings. The molecule has 10 nitrogen and oxygen atoms in total. The van der Waals surface area contributed by atoms with E-state index in [9.17, 15) is 8.42 Å². The summed E-state index contributed by atoms with van der Waals surface area (Å²) in [4.78, 5) is 16.4. The molecule has 1 aromatic carbocycles. The van der Waals surface area contributed by atoms with E-state index in [1.807, 2.05) is 6.92 Å². The first kappa shape index (κ1) is 19.6. The Morgan fingerprint density at radius 2 is 1.97 bits per heavy atom. The van der Waals surface area contributed by atoms with E-state index in [1.165, 1.54) is 12.5 Å². The first-order valence-electron chi connectivity index (χ1n) is 9.09. The van der Waals surface area contributed by atoms with Crippen LogP contribution < -0.4 is 9.46 Å². The smallest absolute Gasteiger partial charge is 0.280 e. The molecule has 4 rings (SSSR count). The molecule has 3 heterocycles. The molecule has 0 spiro atoms. The lowest BCUT2D eigenvalue weighted by Gasteiger charge is -2.09. The SMILES string of the molecule is CCn1cc(S(=O)(=O)Nc2ccc(Oc3cc(-n4ccnc4)ncn3)cc2)nc1C. The number of nitrogens with one attached hydrogen (secondary N) is 1. The highest BCUT2D eigenvalue weighted by Crippen LogP contribution is 2.23. The molecule has 0 saturated carbocycles. The Kier molecular flexibility index (Phi) is 5.19. The van der Waals surface area contributed by atoms with Gasteiger partial charge in [-0.3, -0.25) is 9.29 Å². The number of nitrogens with zero attached hydrogens (tertiary/aromatic N) is 6. The van der Waals surface area contributed by atoms with E-state index in [0.717, 1.165) is 0 Å². The minimum Gasteiger partial charge on any atom is -0.439 e. The number of aromatic nitrogens is 6. The number of aryl methyl sites for hydroxylation is 2. The molecule has 0 aliphatic carbocycles. The average Bonchev–Trinajstić information content (AvgIpc) is 3.39. The molecule has 154 valence electrons. The molecule has 0 saturated heterocycles. The van der Waals surface area contributed by atoms with Crippen LogP contribution in [0.1, 0.15) is 12.7 Å². The molecular formula is C19H19N7O3S. The zero-order valence-electron chi connectivity index (χ0n) is 16.3. The predicted molar refractivity (Wildman–Crippen MR) is 109 cm³/mol. The second kappa shape index (κ2) is 7.95. The molecule has 3 aromatic heterocycles. The average molecular weight is 425 g/mol. The fraction of sp³-hybridized carbons (Fsp3) is 0.158. The quantitative estimate of drug-likeness (QED) is 0.484. The number of ether oxygens (including phenoxy) is 1. The summed E-state index contributed by atoms with van der Waals surface area (Å²) in [7, 11) is -3.78. The molecule has 1 N–H and O–H groups in total. The number of hydrogen-bond acceptors (Lipinski definition) is 7. The summed E-state index contributed by atoms with van der Waals surface area (Å²) >= 11 is 0. The Bertz CT molecular complexity index is 1250. The van der Waals surface area contributed by atoms with Crippen LogP contribution in [0.4, 0.5) is 5.69 Å². The Morgan fingerprint density at radius 1 is 1.17 bits per heavy atom. The lowest BCUT2D eigenvalue weighted by Crippen LogP contribution is -2.13. The topological polar surface area (TPSA) is 117 Å². The third kappa shape index (κ3) is 4.15. The number of hydrogen-bond donors (Lipinski definition) is 1. The molecule has 0 atom stereocenters. The lowest BCUT2D eigenvalue weighted by molar-refractivity contribution is 0.461. The summed E-state index contributed by atoms with van der Waals surface area (Å²) < 4.78 is 36.9. The zero-order valence-corrected chi connectivity index (χ0v) is 17.1. The maximum absolute atomic E-state index is 12.6. The summed E-state index contributed by atoms with van der Waals surface area (Å²) in [6.07, 6.45) is 7.94. The molecule has 0 bridgehead atoms. The van der Waals surface area contributed by atoms with Gasteiger partial charge in [0.1, 0.15) is 30.0 Å². The lowest BCUT2D eigenvalue weighted by atomic mass is 10.3. The van der Waals surface area contributed by atoms with E-state index in [-0.39, 0.29) is 5.03 Å². The van der Waals surface area contributed by atoms with Gasteiger partial charge in [-0.2, -0.15) is 8.42 Å². The van der Waals surface area contributed by atoms with Crippen LogP contribution in [-0.2, 0) is 16.6 Å². The Balaban J connectivity index is 1.47. The molecule has 11 heteroatoms. The van der Waals surface area contributed by atoms with Gasteiger partial charge < -0.3 is 9.30 Å². The highest BCUT2D eigenvalue weighted by atomic mass is 32.2. The second-order valence-electron chi connectivity index (χ2n) is 6.33. The van der Waals surface area contributed by atoms with Crippen LogP contribution in [0.25, 0.3) is 5.82 Å². The Hall–Kier alpha value is -3.73. The van der Waals surface area contributed by atoms with Gasteiger partial charge >= 0.3 is 0 Å². The molecule has 0 unspecified atom stereocenters. The molecule has 0 radical (unpaired) electrons. The highest BCUT2D eigenvalue weighted by molar-refractivity contribution is 7.92. The summed E-state index contributed by atoms with van der Waals surface area (Å²) in [6.45, 7) is 4.33. The zero-order chi connectivity index (χ0) is 21.1. The van der Waals surface area contributed by atoms with E-state index < -0.39 is 10.0 Å². The minimum absolute atomic E-state index is 0.0183. The minimum atomic E-state index is -3.78. The molecule has 0 amide bonds. The van der Waals surface area contributed by atoms with E-state index in [0.29, 0.717) is 35.5 Å². The van der Waals surface area contributed by atoms with Crippen LogP contribution in [0.15, 0.2) is 66.6 Å². The number of rotatable bonds is 7. The van der Waals surface area contributed by atoms with Gasteiger partial charge in [0.25, 0.3) is 10.0 Å². The fourth-order valence-electron chi connectivity index (χ4n) is 2.77. The van der Waals surface area contributed by atoms with Gasteiger partial charge in [0.15, 0.2) is 5.03 Å². The van der Waals surface area contributed by atoms with Crippen molar-refractivity contribution in [2.45, 2.75) is 25.4 Å². The van der Waals surface area contributed by atoms with E-state index in [1.54, 1.807) is 65.1 Å². The van der Waals surface area contributed by atoms with Crippen LogP contribution in [0.5, 0.6) is 11.6 Å². The summed E-state index contributed by atoms with van der Waals surface area (Å²) in [6, 6.07) is 8.17. The second-order valence-corrected chi connectivity index (χ2v) is 7.96. The van der Waals surface area contributed by atoms with Crippen molar-refractivity contribution in [2.24, 2.45) is 0 Å². The van der Waals surface area contributed by atoms with E-state index >= 15 is 0 Å². The molecule has 0 aliphatic heterocycles. The van der Waals surface area contributed by atoms with Crippen LogP contribution in [0.3, 0.4) is 0 Å². The monoisotopic (exact) mass is 425 g/mol. The van der Waals surface area contributed by atoms with Gasteiger partial charge in [-0.05, 0) is 38.1 Å². The maximum atomic E-state index is 12.6. The fourth-order valence-corrected chi connectivity index (χ4v) is 3.84. The molecule has 30 heavy (non-hydrogen) atoms. The Labute approximate surface area is 173 Å². The first-order valence-corrected chi connectivity index (χ1v) is 10.6. The van der Waals surface area contributed by atoms with Crippen LogP contribution in [0.2, 0.25) is 0 Å². The summed E-state index contributed by atoms with van der Waals surface area (Å²) in [5.74, 6) is 2.10. The normalized spacial score (nSPS) is 11.4. The summed E-state index contributed by atoms with van der Waals surface area (Å²) in [5, 5.41) is -0.0183.